The number of carbonyl (C=O) groups excluding carboxylic acids is 1. The highest BCUT2D eigenvalue weighted by Gasteiger charge is 2.36. The lowest BCUT2D eigenvalue weighted by Crippen LogP contribution is -2.29. The highest BCUT2D eigenvalue weighted by Crippen LogP contribution is 2.32. The van der Waals surface area contributed by atoms with E-state index in [1.54, 1.807) is 11.1 Å². The first-order valence-electron chi connectivity index (χ1n) is 7.36. The van der Waals surface area contributed by atoms with E-state index >= 15 is 0 Å². The molecule has 0 radical (unpaired) electrons. The van der Waals surface area contributed by atoms with Crippen LogP contribution in [0.5, 0.6) is 0 Å². The van der Waals surface area contributed by atoms with Crippen LogP contribution >= 0.6 is 11.6 Å². The molecule has 2 atom stereocenters. The van der Waals surface area contributed by atoms with Gasteiger partial charge in [0.2, 0.25) is 0 Å². The summed E-state index contributed by atoms with van der Waals surface area (Å²) in [5, 5.41) is 9.54. The molecule has 6 heteroatoms. The van der Waals surface area contributed by atoms with Crippen molar-refractivity contribution in [2.24, 2.45) is 5.92 Å². The molecule has 1 fully saturated rings. The topological polar surface area (TPSA) is 53.4 Å². The van der Waals surface area contributed by atoms with Gasteiger partial charge in [0.1, 0.15) is 5.82 Å². The van der Waals surface area contributed by atoms with E-state index in [-0.39, 0.29) is 29.4 Å². The van der Waals surface area contributed by atoms with Crippen LogP contribution in [0.15, 0.2) is 42.6 Å². The molecule has 1 aromatic carbocycles. The number of hydrogen-bond donors (Lipinski definition) is 1. The van der Waals surface area contributed by atoms with E-state index < -0.39 is 5.82 Å². The van der Waals surface area contributed by atoms with E-state index in [9.17, 15) is 14.3 Å². The Hall–Kier alpha value is -1.98. The second-order valence-electron chi connectivity index (χ2n) is 5.64. The molecule has 0 saturated carbocycles. The first kappa shape index (κ1) is 15.9. The van der Waals surface area contributed by atoms with Gasteiger partial charge in [-0.3, -0.25) is 9.78 Å². The number of benzene rings is 1. The van der Waals surface area contributed by atoms with Crippen molar-refractivity contribution in [3.8, 4) is 0 Å². The molecular weight excluding hydrogens is 319 g/mol. The van der Waals surface area contributed by atoms with Crippen LogP contribution in [0.4, 0.5) is 4.39 Å². The van der Waals surface area contributed by atoms with Crippen LogP contribution in [-0.4, -0.2) is 40.6 Å². The molecule has 120 valence electrons. The molecule has 1 aromatic heterocycles. The predicted molar refractivity (Wildman–Crippen MR) is 84.9 cm³/mol. The van der Waals surface area contributed by atoms with E-state index in [2.05, 4.69) is 4.98 Å². The molecule has 4 nitrogen and oxygen atoms in total. The maximum absolute atomic E-state index is 13.2. The predicted octanol–water partition coefficient (Wildman–Crippen LogP) is 2.72. The van der Waals surface area contributed by atoms with Crippen LogP contribution in [-0.2, 0) is 0 Å². The number of halogens is 2. The summed E-state index contributed by atoms with van der Waals surface area (Å²) in [5.41, 5.74) is 1.20. The van der Waals surface area contributed by atoms with E-state index in [1.165, 1.54) is 18.2 Å². The van der Waals surface area contributed by atoms with Crippen LogP contribution in [0.2, 0.25) is 5.02 Å². The number of nitrogens with zero attached hydrogens (tertiary/aromatic N) is 2. The number of aliphatic hydroxyl groups is 1. The van der Waals surface area contributed by atoms with Gasteiger partial charge in [-0.15, -0.1) is 0 Å². The Morgan fingerprint density at radius 1 is 1.35 bits per heavy atom. The first-order chi connectivity index (χ1) is 11.1. The lowest BCUT2D eigenvalue weighted by atomic mass is 9.93. The minimum Gasteiger partial charge on any atom is -0.396 e. The lowest BCUT2D eigenvalue weighted by molar-refractivity contribution is 0.0781. The highest BCUT2D eigenvalue weighted by molar-refractivity contribution is 6.31. The lowest BCUT2D eigenvalue weighted by Gasteiger charge is -2.16. The maximum Gasteiger partial charge on any atom is 0.253 e. The summed E-state index contributed by atoms with van der Waals surface area (Å²) in [5.74, 6) is -0.848. The fraction of sp³-hybridized carbons (Fsp3) is 0.294. The fourth-order valence-electron chi connectivity index (χ4n) is 2.96. The van der Waals surface area contributed by atoms with Crippen LogP contribution in [0.25, 0.3) is 0 Å². The van der Waals surface area contributed by atoms with Gasteiger partial charge in [0.15, 0.2) is 0 Å². The van der Waals surface area contributed by atoms with Crippen molar-refractivity contribution in [1.29, 1.82) is 0 Å². The van der Waals surface area contributed by atoms with Gasteiger partial charge in [0.25, 0.3) is 5.91 Å². The molecule has 23 heavy (non-hydrogen) atoms. The summed E-state index contributed by atoms with van der Waals surface area (Å²) >= 11 is 5.75. The number of pyridine rings is 1. The molecule has 3 rings (SSSR count). The van der Waals surface area contributed by atoms with E-state index in [1.807, 2.05) is 18.2 Å². The summed E-state index contributed by atoms with van der Waals surface area (Å²) in [6.07, 6.45) is 1.70. The third-order valence-corrected chi connectivity index (χ3v) is 4.49. The minimum absolute atomic E-state index is 0.0129. The molecule has 1 N–H and O–H groups in total. The van der Waals surface area contributed by atoms with Gasteiger partial charge in [-0.05, 0) is 30.3 Å². The Morgan fingerprint density at radius 3 is 2.83 bits per heavy atom. The summed E-state index contributed by atoms with van der Waals surface area (Å²) in [7, 11) is 0. The van der Waals surface area contributed by atoms with Gasteiger partial charge in [-0.1, -0.05) is 17.7 Å². The van der Waals surface area contributed by atoms with Gasteiger partial charge >= 0.3 is 0 Å². The zero-order valence-electron chi connectivity index (χ0n) is 12.3. The standard InChI is InChI=1S/C17H16ClFN2O2/c18-14-7-11(4-5-15(14)19)17(23)21-8-12(10-22)13(9-21)16-3-1-2-6-20-16/h1-7,12-13,22H,8-10H2/t12-,13+/m0/s1. The zero-order valence-corrected chi connectivity index (χ0v) is 13.1. The average Bonchev–Trinajstić information content (AvgIpc) is 3.02. The van der Waals surface area contributed by atoms with Gasteiger partial charge in [-0.25, -0.2) is 4.39 Å². The Kier molecular flexibility index (Phi) is 4.59. The molecule has 0 spiro atoms. The number of amides is 1. The fourth-order valence-corrected chi connectivity index (χ4v) is 3.14. The van der Waals surface area contributed by atoms with E-state index in [0.717, 1.165) is 5.69 Å². The number of aliphatic hydroxyl groups excluding tert-OH is 1. The minimum atomic E-state index is -0.552. The van der Waals surface area contributed by atoms with Gasteiger partial charge in [0.05, 0.1) is 5.02 Å². The average molecular weight is 335 g/mol. The SMILES string of the molecule is O=C(c1ccc(F)c(Cl)c1)N1C[C@@H](CO)[C@H](c2ccccn2)C1. The largest absolute Gasteiger partial charge is 0.396 e. The van der Waals surface area contributed by atoms with E-state index in [0.29, 0.717) is 18.7 Å². The summed E-state index contributed by atoms with van der Waals surface area (Å²) in [6, 6.07) is 9.56. The Bertz CT molecular complexity index is 711. The number of carbonyl (C=O) groups is 1. The van der Waals surface area contributed by atoms with Crippen LogP contribution in [0, 0.1) is 11.7 Å². The van der Waals surface area contributed by atoms with Crippen molar-refractivity contribution in [1.82, 2.24) is 9.88 Å². The monoisotopic (exact) mass is 334 g/mol. The van der Waals surface area contributed by atoms with Crippen molar-refractivity contribution in [2.75, 3.05) is 19.7 Å². The number of likely N-dealkylation sites (tertiary alicyclic amines) is 1. The molecule has 1 saturated heterocycles. The quantitative estimate of drug-likeness (QED) is 0.939. The molecule has 0 bridgehead atoms. The normalized spacial score (nSPS) is 20.7. The maximum atomic E-state index is 13.2. The molecule has 1 amide bonds. The van der Waals surface area contributed by atoms with Crippen molar-refractivity contribution >= 4 is 17.5 Å². The van der Waals surface area contributed by atoms with Crippen LogP contribution < -0.4 is 0 Å². The van der Waals surface area contributed by atoms with Gasteiger partial charge < -0.3 is 10.0 Å². The van der Waals surface area contributed by atoms with Crippen LogP contribution in [0.1, 0.15) is 22.0 Å². The molecule has 0 aliphatic carbocycles. The first-order valence-corrected chi connectivity index (χ1v) is 7.74. The van der Waals surface area contributed by atoms with Gasteiger partial charge in [0, 0.05) is 49.0 Å². The molecule has 1 aliphatic rings. The Labute approximate surface area is 138 Å². The second kappa shape index (κ2) is 6.64. The van der Waals surface area contributed by atoms with Crippen molar-refractivity contribution in [3.05, 3.63) is 64.7 Å². The van der Waals surface area contributed by atoms with Crippen molar-refractivity contribution < 1.29 is 14.3 Å². The third-order valence-electron chi connectivity index (χ3n) is 4.20. The van der Waals surface area contributed by atoms with Crippen molar-refractivity contribution in [2.45, 2.75) is 5.92 Å². The number of rotatable bonds is 3. The third kappa shape index (κ3) is 3.21. The summed E-state index contributed by atoms with van der Waals surface area (Å²) in [6.45, 7) is 0.886. The van der Waals surface area contributed by atoms with Gasteiger partial charge in [-0.2, -0.15) is 0 Å². The molecular formula is C17H16ClFN2O2. The number of aromatic nitrogens is 1. The molecule has 2 aromatic rings. The summed E-state index contributed by atoms with van der Waals surface area (Å²) < 4.78 is 13.2. The smallest absolute Gasteiger partial charge is 0.253 e. The summed E-state index contributed by atoms with van der Waals surface area (Å²) in [4.78, 5) is 18.6. The Balaban J connectivity index is 1.81. The van der Waals surface area contributed by atoms with Crippen molar-refractivity contribution in [3.63, 3.8) is 0 Å². The van der Waals surface area contributed by atoms with Crippen LogP contribution in [0.3, 0.4) is 0 Å². The van der Waals surface area contributed by atoms with E-state index in [4.69, 9.17) is 11.6 Å². The Morgan fingerprint density at radius 2 is 2.17 bits per heavy atom. The zero-order chi connectivity index (χ0) is 16.4. The number of hydrogen-bond acceptors (Lipinski definition) is 3. The molecule has 0 unspecified atom stereocenters. The molecule has 2 heterocycles. The highest BCUT2D eigenvalue weighted by atomic mass is 35.5. The molecule has 1 aliphatic heterocycles. The second-order valence-corrected chi connectivity index (χ2v) is 6.05.